The van der Waals surface area contributed by atoms with Gasteiger partial charge in [-0.25, -0.2) is 4.98 Å². The first-order valence-corrected chi connectivity index (χ1v) is 9.36. The molecule has 1 saturated heterocycles. The van der Waals surface area contributed by atoms with Crippen LogP contribution < -0.4 is 9.80 Å². The van der Waals surface area contributed by atoms with Crippen LogP contribution in [0, 0.1) is 13.8 Å². The van der Waals surface area contributed by atoms with Crippen LogP contribution >= 0.6 is 0 Å². The SMILES string of the molecule is Cc1ccc(C)c(N2CCN(c3nc4ccccc4c4nncn34)CC2)c1. The Labute approximate surface area is 158 Å². The quantitative estimate of drug-likeness (QED) is 0.551. The molecule has 0 spiro atoms. The predicted molar refractivity (Wildman–Crippen MR) is 109 cm³/mol. The Bertz CT molecular complexity index is 1120. The van der Waals surface area contributed by atoms with Crippen LogP contribution in [0.1, 0.15) is 11.1 Å². The normalized spacial score (nSPS) is 15.0. The summed E-state index contributed by atoms with van der Waals surface area (Å²) in [6.07, 6.45) is 1.77. The lowest BCUT2D eigenvalue weighted by Gasteiger charge is -2.37. The number of para-hydroxylation sites is 1. The van der Waals surface area contributed by atoms with Gasteiger partial charge in [0.2, 0.25) is 5.95 Å². The molecule has 1 aliphatic rings. The Morgan fingerprint density at radius 2 is 1.67 bits per heavy atom. The minimum absolute atomic E-state index is 0.868. The Morgan fingerprint density at radius 3 is 2.52 bits per heavy atom. The third kappa shape index (κ3) is 2.68. The van der Waals surface area contributed by atoms with Gasteiger partial charge in [0.15, 0.2) is 5.65 Å². The summed E-state index contributed by atoms with van der Waals surface area (Å²) in [7, 11) is 0. The lowest BCUT2D eigenvalue weighted by atomic mass is 10.1. The van der Waals surface area contributed by atoms with Crippen molar-refractivity contribution in [2.75, 3.05) is 36.0 Å². The molecule has 0 aliphatic carbocycles. The van der Waals surface area contributed by atoms with Gasteiger partial charge in [0.25, 0.3) is 0 Å². The van der Waals surface area contributed by atoms with Crippen LogP contribution in [0.2, 0.25) is 0 Å². The summed E-state index contributed by atoms with van der Waals surface area (Å²) in [6, 6.07) is 14.8. The first-order valence-electron chi connectivity index (χ1n) is 9.36. The second-order valence-corrected chi connectivity index (χ2v) is 7.22. The molecule has 136 valence electrons. The molecule has 0 radical (unpaired) electrons. The Hall–Kier alpha value is -3.15. The molecule has 0 bridgehead atoms. The van der Waals surface area contributed by atoms with Crippen LogP contribution in [0.25, 0.3) is 16.6 Å². The van der Waals surface area contributed by atoms with E-state index in [1.807, 2.05) is 22.6 Å². The molecule has 1 aliphatic heterocycles. The highest BCUT2D eigenvalue weighted by atomic mass is 15.4. The van der Waals surface area contributed by atoms with E-state index in [2.05, 4.69) is 58.1 Å². The van der Waals surface area contributed by atoms with Crippen LogP contribution in [-0.2, 0) is 0 Å². The fourth-order valence-corrected chi connectivity index (χ4v) is 3.92. The molecule has 5 rings (SSSR count). The average molecular weight is 358 g/mol. The Kier molecular flexibility index (Phi) is 3.70. The van der Waals surface area contributed by atoms with Crippen molar-refractivity contribution >= 4 is 28.2 Å². The second kappa shape index (κ2) is 6.23. The van der Waals surface area contributed by atoms with Gasteiger partial charge >= 0.3 is 0 Å². The molecule has 0 N–H and O–H groups in total. The van der Waals surface area contributed by atoms with E-state index in [9.17, 15) is 0 Å². The number of rotatable bonds is 2. The zero-order valence-electron chi connectivity index (χ0n) is 15.6. The molecule has 2 aromatic heterocycles. The van der Waals surface area contributed by atoms with Crippen LogP contribution in [0.15, 0.2) is 48.8 Å². The van der Waals surface area contributed by atoms with E-state index in [4.69, 9.17) is 4.98 Å². The van der Waals surface area contributed by atoms with Gasteiger partial charge in [0, 0.05) is 37.3 Å². The van der Waals surface area contributed by atoms with Gasteiger partial charge in [-0.1, -0.05) is 24.3 Å². The molecule has 0 atom stereocenters. The van der Waals surface area contributed by atoms with E-state index in [0.717, 1.165) is 48.7 Å². The molecule has 0 saturated carbocycles. The fourth-order valence-electron chi connectivity index (χ4n) is 3.92. The highest BCUT2D eigenvalue weighted by Gasteiger charge is 2.22. The van der Waals surface area contributed by atoms with Crippen molar-refractivity contribution in [3.8, 4) is 0 Å². The largest absolute Gasteiger partial charge is 0.368 e. The molecule has 2 aromatic carbocycles. The summed E-state index contributed by atoms with van der Waals surface area (Å²) in [6.45, 7) is 8.14. The van der Waals surface area contributed by atoms with Crippen molar-refractivity contribution in [3.63, 3.8) is 0 Å². The minimum atomic E-state index is 0.868. The monoisotopic (exact) mass is 358 g/mol. The number of aryl methyl sites for hydroxylation is 2. The van der Waals surface area contributed by atoms with Gasteiger partial charge in [0.1, 0.15) is 6.33 Å². The zero-order valence-corrected chi connectivity index (χ0v) is 15.6. The summed E-state index contributed by atoms with van der Waals surface area (Å²) >= 11 is 0. The molecule has 27 heavy (non-hydrogen) atoms. The van der Waals surface area contributed by atoms with Crippen LogP contribution in [0.5, 0.6) is 0 Å². The first-order chi connectivity index (χ1) is 13.2. The molecule has 6 nitrogen and oxygen atoms in total. The standard InChI is InChI=1S/C21H22N6/c1-15-7-8-16(2)19(13-15)25-9-11-26(12-10-25)21-23-18-6-4-3-5-17(18)20-24-22-14-27(20)21/h3-8,13-14H,9-12H2,1-2H3. The summed E-state index contributed by atoms with van der Waals surface area (Å²) in [5.41, 5.74) is 5.81. The molecule has 3 heterocycles. The molecule has 4 aromatic rings. The number of anilines is 2. The molecular weight excluding hydrogens is 336 g/mol. The highest BCUT2D eigenvalue weighted by Crippen LogP contribution is 2.26. The average Bonchev–Trinajstić information content (AvgIpc) is 3.20. The molecule has 1 fully saturated rings. The van der Waals surface area contributed by atoms with Crippen LogP contribution in [0.3, 0.4) is 0 Å². The van der Waals surface area contributed by atoms with E-state index >= 15 is 0 Å². The number of benzene rings is 2. The van der Waals surface area contributed by atoms with E-state index in [1.54, 1.807) is 6.33 Å². The van der Waals surface area contributed by atoms with E-state index in [-0.39, 0.29) is 0 Å². The summed E-state index contributed by atoms with van der Waals surface area (Å²) in [5.74, 6) is 0.925. The maximum Gasteiger partial charge on any atom is 0.213 e. The van der Waals surface area contributed by atoms with E-state index < -0.39 is 0 Å². The van der Waals surface area contributed by atoms with Gasteiger partial charge in [0.05, 0.1) is 5.52 Å². The van der Waals surface area contributed by atoms with E-state index in [0.29, 0.717) is 0 Å². The van der Waals surface area contributed by atoms with Crippen molar-refractivity contribution in [2.24, 2.45) is 0 Å². The number of aromatic nitrogens is 4. The second-order valence-electron chi connectivity index (χ2n) is 7.22. The molecule has 6 heteroatoms. The number of hydrogen-bond acceptors (Lipinski definition) is 5. The van der Waals surface area contributed by atoms with E-state index in [1.165, 1.54) is 16.8 Å². The third-order valence-electron chi connectivity index (χ3n) is 5.40. The minimum Gasteiger partial charge on any atom is -0.368 e. The maximum atomic E-state index is 4.92. The molecule has 0 unspecified atom stereocenters. The Morgan fingerprint density at radius 1 is 0.889 bits per heavy atom. The smallest absolute Gasteiger partial charge is 0.213 e. The van der Waals surface area contributed by atoms with Crippen molar-refractivity contribution in [1.29, 1.82) is 0 Å². The van der Waals surface area contributed by atoms with Crippen molar-refractivity contribution in [2.45, 2.75) is 13.8 Å². The molecular formula is C21H22N6. The summed E-state index contributed by atoms with van der Waals surface area (Å²) < 4.78 is 2.01. The third-order valence-corrected chi connectivity index (χ3v) is 5.40. The predicted octanol–water partition coefficient (Wildman–Crippen LogP) is 3.22. The van der Waals surface area contributed by atoms with Gasteiger partial charge in [-0.3, -0.25) is 4.40 Å². The van der Waals surface area contributed by atoms with Crippen molar-refractivity contribution in [3.05, 3.63) is 59.9 Å². The Balaban J connectivity index is 1.47. The number of piperazine rings is 1. The van der Waals surface area contributed by atoms with Gasteiger partial charge < -0.3 is 9.80 Å². The number of fused-ring (bicyclic) bond motifs is 3. The van der Waals surface area contributed by atoms with Gasteiger partial charge in [-0.15, -0.1) is 10.2 Å². The lowest BCUT2D eigenvalue weighted by molar-refractivity contribution is 0.636. The van der Waals surface area contributed by atoms with Crippen LogP contribution in [0.4, 0.5) is 11.6 Å². The topological polar surface area (TPSA) is 49.6 Å². The van der Waals surface area contributed by atoms with Crippen molar-refractivity contribution < 1.29 is 0 Å². The number of nitrogens with zero attached hydrogens (tertiary/aromatic N) is 6. The lowest BCUT2D eigenvalue weighted by Crippen LogP contribution is -2.47. The number of hydrogen-bond donors (Lipinski definition) is 0. The van der Waals surface area contributed by atoms with Crippen LogP contribution in [-0.4, -0.2) is 45.8 Å². The highest BCUT2D eigenvalue weighted by molar-refractivity contribution is 5.92. The summed E-state index contributed by atoms with van der Waals surface area (Å²) in [4.78, 5) is 9.73. The van der Waals surface area contributed by atoms with Gasteiger partial charge in [-0.05, 0) is 43.2 Å². The molecule has 0 amide bonds. The zero-order chi connectivity index (χ0) is 18.4. The first kappa shape index (κ1) is 16.1. The fraction of sp³-hybridized carbons (Fsp3) is 0.286. The van der Waals surface area contributed by atoms with Crippen molar-refractivity contribution in [1.82, 2.24) is 19.6 Å². The maximum absolute atomic E-state index is 4.92. The summed E-state index contributed by atoms with van der Waals surface area (Å²) in [5, 5.41) is 9.48. The van der Waals surface area contributed by atoms with Gasteiger partial charge in [-0.2, -0.15) is 0 Å².